The summed E-state index contributed by atoms with van der Waals surface area (Å²) in [6.45, 7) is 0.817. The molecule has 22 heavy (non-hydrogen) atoms. The van der Waals surface area contributed by atoms with Crippen LogP contribution in [0.4, 0.5) is 0 Å². The van der Waals surface area contributed by atoms with Gasteiger partial charge in [-0.25, -0.2) is 0 Å². The minimum atomic E-state index is -0.0539. The Balaban J connectivity index is 1.53. The van der Waals surface area contributed by atoms with Crippen molar-refractivity contribution in [2.75, 3.05) is 6.61 Å². The predicted molar refractivity (Wildman–Crippen MR) is 84.4 cm³/mol. The SMILES string of the molecule is O=C(NC1CCCC2OCCC12)c1ccc2[nH]c(=S)oc2c1. The number of carbonyl (C=O) groups is 1. The Morgan fingerprint density at radius 3 is 3.14 bits per heavy atom. The number of rotatable bonds is 2. The lowest BCUT2D eigenvalue weighted by Gasteiger charge is -2.33. The van der Waals surface area contributed by atoms with Gasteiger partial charge in [0.15, 0.2) is 5.58 Å². The van der Waals surface area contributed by atoms with Crippen LogP contribution in [0.1, 0.15) is 36.0 Å². The Hall–Kier alpha value is -1.66. The number of amides is 1. The Morgan fingerprint density at radius 2 is 2.23 bits per heavy atom. The van der Waals surface area contributed by atoms with Gasteiger partial charge in [-0.1, -0.05) is 0 Å². The van der Waals surface area contributed by atoms with Gasteiger partial charge in [0.1, 0.15) is 0 Å². The maximum absolute atomic E-state index is 12.5. The molecule has 2 aliphatic rings. The van der Waals surface area contributed by atoms with Crippen molar-refractivity contribution in [2.24, 2.45) is 5.92 Å². The fourth-order valence-corrected chi connectivity index (χ4v) is 3.89. The van der Waals surface area contributed by atoms with Crippen LogP contribution < -0.4 is 5.32 Å². The number of aromatic amines is 1. The second-order valence-electron chi connectivity index (χ2n) is 6.10. The molecule has 5 nitrogen and oxygen atoms in total. The summed E-state index contributed by atoms with van der Waals surface area (Å²) in [5, 5.41) is 3.18. The first kappa shape index (κ1) is 14.0. The zero-order chi connectivity index (χ0) is 15.1. The molecule has 1 amide bonds. The highest BCUT2D eigenvalue weighted by Crippen LogP contribution is 2.34. The van der Waals surface area contributed by atoms with Gasteiger partial charge in [-0.3, -0.25) is 4.79 Å². The molecular formula is C16H18N2O3S. The predicted octanol–water partition coefficient (Wildman–Crippen LogP) is 3.18. The third-order valence-electron chi connectivity index (χ3n) is 4.78. The van der Waals surface area contributed by atoms with E-state index < -0.39 is 0 Å². The number of fused-ring (bicyclic) bond motifs is 2. The lowest BCUT2D eigenvalue weighted by molar-refractivity contribution is 0.0510. The van der Waals surface area contributed by atoms with Crippen LogP contribution in [0.2, 0.25) is 0 Å². The fourth-order valence-electron chi connectivity index (χ4n) is 3.69. The van der Waals surface area contributed by atoms with E-state index in [0.717, 1.165) is 37.8 Å². The molecule has 1 aromatic heterocycles. The van der Waals surface area contributed by atoms with E-state index >= 15 is 0 Å². The van der Waals surface area contributed by atoms with E-state index in [1.54, 1.807) is 12.1 Å². The molecule has 2 aromatic rings. The van der Waals surface area contributed by atoms with Gasteiger partial charge < -0.3 is 19.5 Å². The molecule has 3 atom stereocenters. The van der Waals surface area contributed by atoms with Gasteiger partial charge in [-0.2, -0.15) is 0 Å². The first-order valence-corrected chi connectivity index (χ1v) is 8.17. The van der Waals surface area contributed by atoms with Gasteiger partial charge >= 0.3 is 0 Å². The summed E-state index contributed by atoms with van der Waals surface area (Å²) in [6.07, 6.45) is 4.62. The summed E-state index contributed by atoms with van der Waals surface area (Å²) >= 11 is 4.97. The van der Waals surface area contributed by atoms with Crippen LogP contribution in [0.3, 0.4) is 0 Å². The lowest BCUT2D eigenvalue weighted by Crippen LogP contribution is -2.45. The first-order chi connectivity index (χ1) is 10.7. The van der Waals surface area contributed by atoms with E-state index in [0.29, 0.717) is 28.0 Å². The first-order valence-electron chi connectivity index (χ1n) is 7.76. The van der Waals surface area contributed by atoms with E-state index in [1.807, 2.05) is 6.07 Å². The molecule has 2 N–H and O–H groups in total. The normalized spacial score (nSPS) is 27.7. The standard InChI is InChI=1S/C16H18N2O3S/c19-15(9-4-5-12-14(8-9)21-16(22)18-12)17-11-2-1-3-13-10(11)6-7-20-13/h4-5,8,10-11,13H,1-3,6-7H2,(H,17,19)(H,18,22). The summed E-state index contributed by atoms with van der Waals surface area (Å²) in [5.41, 5.74) is 2.03. The van der Waals surface area contributed by atoms with Crippen LogP contribution >= 0.6 is 12.2 Å². The highest BCUT2D eigenvalue weighted by atomic mass is 32.1. The minimum Gasteiger partial charge on any atom is -0.429 e. The summed E-state index contributed by atoms with van der Waals surface area (Å²) in [6, 6.07) is 5.57. The number of benzene rings is 1. The van der Waals surface area contributed by atoms with Crippen molar-refractivity contribution in [3.05, 3.63) is 28.6 Å². The molecule has 2 heterocycles. The molecule has 1 aromatic carbocycles. The highest BCUT2D eigenvalue weighted by Gasteiger charge is 2.38. The number of hydrogen-bond donors (Lipinski definition) is 2. The maximum Gasteiger partial charge on any atom is 0.266 e. The third-order valence-corrected chi connectivity index (χ3v) is 4.97. The molecule has 1 aliphatic carbocycles. The highest BCUT2D eigenvalue weighted by molar-refractivity contribution is 7.71. The van der Waals surface area contributed by atoms with Gasteiger partial charge in [0.25, 0.3) is 10.7 Å². The molecule has 1 saturated heterocycles. The topological polar surface area (TPSA) is 67.3 Å². The summed E-state index contributed by atoms with van der Waals surface area (Å²) < 4.78 is 11.1. The average Bonchev–Trinajstić information content (AvgIpc) is 3.11. The van der Waals surface area contributed by atoms with E-state index in [9.17, 15) is 4.79 Å². The van der Waals surface area contributed by atoms with E-state index in [1.165, 1.54) is 0 Å². The van der Waals surface area contributed by atoms with Crippen molar-refractivity contribution in [1.82, 2.24) is 10.3 Å². The quantitative estimate of drug-likeness (QED) is 0.835. The van der Waals surface area contributed by atoms with Crippen LogP contribution in [-0.4, -0.2) is 29.6 Å². The maximum atomic E-state index is 12.5. The van der Waals surface area contributed by atoms with Crippen molar-refractivity contribution < 1.29 is 13.9 Å². The Morgan fingerprint density at radius 1 is 1.32 bits per heavy atom. The Labute approximate surface area is 133 Å². The van der Waals surface area contributed by atoms with Crippen molar-refractivity contribution in [3.63, 3.8) is 0 Å². The number of ether oxygens (including phenoxy) is 1. The number of hydrogen-bond acceptors (Lipinski definition) is 4. The van der Waals surface area contributed by atoms with E-state index in [4.69, 9.17) is 21.4 Å². The molecule has 3 unspecified atom stereocenters. The minimum absolute atomic E-state index is 0.0539. The molecule has 0 bridgehead atoms. The molecule has 1 aliphatic heterocycles. The molecular weight excluding hydrogens is 300 g/mol. The second-order valence-corrected chi connectivity index (χ2v) is 6.47. The number of H-pyrrole nitrogens is 1. The van der Waals surface area contributed by atoms with Gasteiger partial charge in [0.05, 0.1) is 11.6 Å². The molecule has 116 valence electrons. The van der Waals surface area contributed by atoms with Crippen molar-refractivity contribution in [2.45, 2.75) is 37.8 Å². The van der Waals surface area contributed by atoms with Crippen molar-refractivity contribution in [3.8, 4) is 0 Å². The van der Waals surface area contributed by atoms with E-state index in [2.05, 4.69) is 10.3 Å². The van der Waals surface area contributed by atoms with Gasteiger partial charge in [-0.15, -0.1) is 0 Å². The van der Waals surface area contributed by atoms with Crippen LogP contribution in [0.5, 0.6) is 0 Å². The molecule has 6 heteroatoms. The zero-order valence-corrected chi connectivity index (χ0v) is 12.9. The number of aromatic nitrogens is 1. The zero-order valence-electron chi connectivity index (χ0n) is 12.1. The van der Waals surface area contributed by atoms with Crippen molar-refractivity contribution >= 4 is 29.2 Å². The van der Waals surface area contributed by atoms with Gasteiger partial charge in [0.2, 0.25) is 0 Å². The van der Waals surface area contributed by atoms with E-state index in [-0.39, 0.29) is 11.9 Å². The largest absolute Gasteiger partial charge is 0.429 e. The second kappa shape index (κ2) is 5.52. The van der Waals surface area contributed by atoms with Crippen LogP contribution in [0, 0.1) is 10.8 Å². The summed E-state index contributed by atoms with van der Waals surface area (Å²) in [4.78, 5) is 15.8. The van der Waals surface area contributed by atoms with Crippen LogP contribution in [0.15, 0.2) is 22.6 Å². The molecule has 4 rings (SSSR count). The molecule has 1 saturated carbocycles. The molecule has 0 radical (unpaired) electrons. The Bertz CT molecular complexity index is 766. The summed E-state index contributed by atoms with van der Waals surface area (Å²) in [5.74, 6) is 0.402. The average molecular weight is 318 g/mol. The summed E-state index contributed by atoms with van der Waals surface area (Å²) in [7, 11) is 0. The lowest BCUT2D eigenvalue weighted by atomic mass is 9.81. The number of carbonyl (C=O) groups excluding carboxylic acids is 1. The van der Waals surface area contributed by atoms with Gasteiger partial charge in [-0.05, 0) is 56.1 Å². The number of nitrogens with one attached hydrogen (secondary N) is 2. The Kier molecular flexibility index (Phi) is 3.50. The monoisotopic (exact) mass is 318 g/mol. The van der Waals surface area contributed by atoms with Crippen molar-refractivity contribution in [1.29, 1.82) is 0 Å². The van der Waals surface area contributed by atoms with Gasteiger partial charge in [0, 0.05) is 24.1 Å². The smallest absolute Gasteiger partial charge is 0.266 e. The number of oxazole rings is 1. The molecule has 0 spiro atoms. The fraction of sp³-hybridized carbons (Fsp3) is 0.500. The third kappa shape index (κ3) is 2.46. The molecule has 2 fully saturated rings. The van der Waals surface area contributed by atoms with Crippen LogP contribution in [0.25, 0.3) is 11.1 Å². The van der Waals surface area contributed by atoms with Crippen LogP contribution in [-0.2, 0) is 4.74 Å².